The van der Waals surface area contributed by atoms with E-state index in [2.05, 4.69) is 88.9 Å². The standard InChI is InChI=1S/C28H20N2O/c1-3-17-29-25(4-2)30-24-12-8-7-11-20(24)21-15-16-23-22-14-13-18-9-5-6-10-19(18)27(22)31-28(23)26(21)30/h3-17H,1H2,2H3/b25-4+,29-17?. The van der Waals surface area contributed by atoms with E-state index in [0.29, 0.717) is 0 Å². The third kappa shape index (κ3) is 2.44. The molecule has 0 amide bonds. The average Bonchev–Trinajstić information content (AvgIpc) is 3.36. The summed E-state index contributed by atoms with van der Waals surface area (Å²) < 4.78 is 8.82. The van der Waals surface area contributed by atoms with Gasteiger partial charge in [-0.15, -0.1) is 0 Å². The van der Waals surface area contributed by atoms with Gasteiger partial charge in [-0.2, -0.15) is 0 Å². The van der Waals surface area contributed by atoms with Crippen molar-refractivity contribution in [2.24, 2.45) is 4.99 Å². The van der Waals surface area contributed by atoms with Crippen LogP contribution in [0.1, 0.15) is 6.92 Å². The zero-order chi connectivity index (χ0) is 20.9. The van der Waals surface area contributed by atoms with Crippen molar-refractivity contribution in [2.75, 3.05) is 0 Å². The fraction of sp³-hybridized carbons (Fsp3) is 0.0357. The maximum absolute atomic E-state index is 6.63. The van der Waals surface area contributed by atoms with Gasteiger partial charge in [0.15, 0.2) is 5.58 Å². The molecule has 6 rings (SSSR count). The number of allylic oxidation sites excluding steroid dienone is 2. The summed E-state index contributed by atoms with van der Waals surface area (Å²) in [5.41, 5.74) is 3.94. The Morgan fingerprint density at radius 1 is 0.806 bits per heavy atom. The Hall–Kier alpha value is -4.11. The topological polar surface area (TPSA) is 30.4 Å². The molecule has 0 radical (unpaired) electrons. The lowest BCUT2D eigenvalue weighted by Crippen LogP contribution is -1.95. The third-order valence-corrected chi connectivity index (χ3v) is 5.96. The number of rotatable bonds is 3. The molecule has 31 heavy (non-hydrogen) atoms. The Balaban J connectivity index is 1.85. The molecular formula is C28H20N2O. The zero-order valence-corrected chi connectivity index (χ0v) is 17.2. The van der Waals surface area contributed by atoms with Crippen LogP contribution in [-0.2, 0) is 0 Å². The van der Waals surface area contributed by atoms with Gasteiger partial charge in [0, 0.05) is 33.1 Å². The van der Waals surface area contributed by atoms with Crippen molar-refractivity contribution >= 4 is 66.6 Å². The highest BCUT2D eigenvalue weighted by Crippen LogP contribution is 2.41. The summed E-state index contributed by atoms with van der Waals surface area (Å²) in [6.07, 6.45) is 5.44. The summed E-state index contributed by atoms with van der Waals surface area (Å²) in [6.45, 7) is 5.78. The number of furan rings is 1. The van der Waals surface area contributed by atoms with Crippen LogP contribution < -0.4 is 0 Å². The lowest BCUT2D eigenvalue weighted by Gasteiger charge is -2.07. The largest absolute Gasteiger partial charge is 0.453 e. The van der Waals surface area contributed by atoms with Crippen LogP contribution in [0, 0.1) is 0 Å². The van der Waals surface area contributed by atoms with Crippen molar-refractivity contribution in [3.05, 3.63) is 91.5 Å². The summed E-state index contributed by atoms with van der Waals surface area (Å²) >= 11 is 0. The summed E-state index contributed by atoms with van der Waals surface area (Å²) in [6, 6.07) is 25.5. The second-order valence-electron chi connectivity index (χ2n) is 7.62. The monoisotopic (exact) mass is 400 g/mol. The van der Waals surface area contributed by atoms with Gasteiger partial charge < -0.3 is 4.42 Å². The van der Waals surface area contributed by atoms with Crippen LogP contribution in [0.15, 0.2) is 101 Å². The molecule has 6 aromatic rings. The molecule has 0 aliphatic rings. The van der Waals surface area contributed by atoms with Crippen LogP contribution in [0.4, 0.5) is 0 Å². The Labute approximate surface area is 179 Å². The van der Waals surface area contributed by atoms with Crippen LogP contribution in [0.3, 0.4) is 0 Å². The van der Waals surface area contributed by atoms with E-state index in [1.807, 2.05) is 13.0 Å². The minimum Gasteiger partial charge on any atom is -0.453 e. The molecule has 0 saturated carbocycles. The minimum absolute atomic E-state index is 0.837. The molecule has 3 nitrogen and oxygen atoms in total. The fourth-order valence-corrected chi connectivity index (χ4v) is 4.64. The number of hydrogen-bond acceptors (Lipinski definition) is 2. The van der Waals surface area contributed by atoms with Gasteiger partial charge in [0.05, 0.1) is 11.0 Å². The molecular weight excluding hydrogens is 380 g/mol. The molecule has 2 aromatic heterocycles. The second kappa shape index (κ2) is 6.71. The number of benzene rings is 4. The SMILES string of the molecule is C=CC=N/C(=C\C)n1c2ccccc2c2ccc3c4ccc5ccccc5c4oc3c21. The normalized spacial score (nSPS) is 12.9. The Bertz CT molecular complexity index is 1710. The van der Waals surface area contributed by atoms with Crippen molar-refractivity contribution in [1.29, 1.82) is 0 Å². The molecule has 4 aromatic carbocycles. The highest BCUT2D eigenvalue weighted by atomic mass is 16.3. The maximum Gasteiger partial charge on any atom is 0.160 e. The number of nitrogens with zero attached hydrogens (tertiary/aromatic N) is 2. The summed E-state index contributed by atoms with van der Waals surface area (Å²) in [7, 11) is 0. The summed E-state index contributed by atoms with van der Waals surface area (Å²) in [4.78, 5) is 4.65. The van der Waals surface area contributed by atoms with Crippen molar-refractivity contribution in [2.45, 2.75) is 6.92 Å². The Kier molecular flexibility index (Phi) is 3.84. The van der Waals surface area contributed by atoms with Crippen LogP contribution in [0.25, 0.3) is 60.3 Å². The van der Waals surface area contributed by atoms with Gasteiger partial charge in [0.2, 0.25) is 0 Å². The van der Waals surface area contributed by atoms with Crippen LogP contribution in [0.2, 0.25) is 0 Å². The second-order valence-corrected chi connectivity index (χ2v) is 7.62. The Morgan fingerprint density at radius 3 is 2.35 bits per heavy atom. The number of aromatic nitrogens is 1. The van der Waals surface area contributed by atoms with Crippen LogP contribution >= 0.6 is 0 Å². The predicted molar refractivity (Wildman–Crippen MR) is 133 cm³/mol. The number of hydrogen-bond donors (Lipinski definition) is 0. The van der Waals surface area contributed by atoms with Crippen LogP contribution in [-0.4, -0.2) is 10.8 Å². The van der Waals surface area contributed by atoms with Gasteiger partial charge in [0.25, 0.3) is 0 Å². The zero-order valence-electron chi connectivity index (χ0n) is 17.2. The summed E-state index contributed by atoms with van der Waals surface area (Å²) in [5, 5.41) is 6.88. The summed E-state index contributed by atoms with van der Waals surface area (Å²) in [5.74, 6) is 0.837. The van der Waals surface area contributed by atoms with Gasteiger partial charge >= 0.3 is 0 Å². The molecule has 0 spiro atoms. The number of para-hydroxylation sites is 1. The third-order valence-electron chi connectivity index (χ3n) is 5.96. The van der Waals surface area contributed by atoms with E-state index < -0.39 is 0 Å². The number of aliphatic imine (C=N–C) groups is 1. The van der Waals surface area contributed by atoms with E-state index in [4.69, 9.17) is 4.42 Å². The van der Waals surface area contributed by atoms with Gasteiger partial charge in [-0.3, -0.25) is 4.57 Å². The van der Waals surface area contributed by atoms with E-state index in [9.17, 15) is 0 Å². The van der Waals surface area contributed by atoms with Gasteiger partial charge in [-0.1, -0.05) is 67.3 Å². The minimum atomic E-state index is 0.837. The van der Waals surface area contributed by atoms with Crippen molar-refractivity contribution < 1.29 is 4.42 Å². The number of fused-ring (bicyclic) bond motifs is 9. The predicted octanol–water partition coefficient (Wildman–Crippen LogP) is 7.92. The smallest absolute Gasteiger partial charge is 0.160 e. The van der Waals surface area contributed by atoms with Gasteiger partial charge in [0.1, 0.15) is 11.4 Å². The first-order chi connectivity index (χ1) is 15.3. The van der Waals surface area contributed by atoms with Crippen molar-refractivity contribution in [1.82, 2.24) is 4.57 Å². The van der Waals surface area contributed by atoms with E-state index in [1.165, 1.54) is 10.8 Å². The lowest BCUT2D eigenvalue weighted by molar-refractivity contribution is 0.675. The average molecular weight is 400 g/mol. The van der Waals surface area contributed by atoms with Crippen molar-refractivity contribution in [3.8, 4) is 0 Å². The first kappa shape index (κ1) is 17.7. The molecule has 0 bridgehead atoms. The Morgan fingerprint density at radius 2 is 1.52 bits per heavy atom. The highest BCUT2D eigenvalue weighted by Gasteiger charge is 2.19. The van der Waals surface area contributed by atoms with Crippen molar-refractivity contribution in [3.63, 3.8) is 0 Å². The van der Waals surface area contributed by atoms with Crippen LogP contribution in [0.5, 0.6) is 0 Å². The molecule has 148 valence electrons. The molecule has 0 aliphatic carbocycles. The molecule has 0 unspecified atom stereocenters. The fourth-order valence-electron chi connectivity index (χ4n) is 4.64. The van der Waals surface area contributed by atoms with E-state index in [1.54, 1.807) is 12.3 Å². The van der Waals surface area contributed by atoms with Gasteiger partial charge in [-0.05, 0) is 36.6 Å². The van der Waals surface area contributed by atoms with E-state index in [-0.39, 0.29) is 0 Å². The quantitative estimate of drug-likeness (QED) is 0.277. The van der Waals surface area contributed by atoms with E-state index >= 15 is 0 Å². The molecule has 0 aliphatic heterocycles. The molecule has 0 fully saturated rings. The molecule has 0 N–H and O–H groups in total. The van der Waals surface area contributed by atoms with Gasteiger partial charge in [-0.25, -0.2) is 4.99 Å². The first-order valence-corrected chi connectivity index (χ1v) is 10.4. The first-order valence-electron chi connectivity index (χ1n) is 10.4. The highest BCUT2D eigenvalue weighted by molar-refractivity contribution is 6.24. The molecule has 3 heteroatoms. The lowest BCUT2D eigenvalue weighted by atomic mass is 10.0. The van der Waals surface area contributed by atoms with E-state index in [0.717, 1.165) is 49.6 Å². The maximum atomic E-state index is 6.63. The molecule has 2 heterocycles. The molecule has 0 atom stereocenters. The molecule has 0 saturated heterocycles.